The van der Waals surface area contributed by atoms with Crippen LogP contribution in [-0.4, -0.2) is 41.2 Å². The predicted molar refractivity (Wildman–Crippen MR) is 99.5 cm³/mol. The van der Waals surface area contributed by atoms with Crippen molar-refractivity contribution in [2.75, 3.05) is 26.2 Å². The van der Waals surface area contributed by atoms with Crippen molar-refractivity contribution in [1.29, 1.82) is 0 Å². The molecule has 6 heteroatoms. The van der Waals surface area contributed by atoms with E-state index < -0.39 is 0 Å². The van der Waals surface area contributed by atoms with E-state index in [1.54, 1.807) is 16.9 Å². The molecule has 0 aliphatic carbocycles. The summed E-state index contributed by atoms with van der Waals surface area (Å²) >= 11 is 1.69. The summed E-state index contributed by atoms with van der Waals surface area (Å²) in [5, 5.41) is 9.22. The Morgan fingerprint density at radius 2 is 1.96 bits per heavy atom. The van der Waals surface area contributed by atoms with Gasteiger partial charge in [-0.1, -0.05) is 23.3 Å². The van der Waals surface area contributed by atoms with Gasteiger partial charge in [0.25, 0.3) is 0 Å². The fraction of sp³-hybridized carbons (Fsp3) is 0.300. The van der Waals surface area contributed by atoms with Crippen LogP contribution < -0.4 is 0 Å². The maximum Gasteiger partial charge on any atom is 0.215 e. The summed E-state index contributed by atoms with van der Waals surface area (Å²) in [5.41, 5.74) is 3.73. The average Bonchev–Trinajstić information content (AvgIpc) is 3.05. The molecule has 2 spiro atoms. The van der Waals surface area contributed by atoms with E-state index in [0.717, 1.165) is 40.6 Å². The van der Waals surface area contributed by atoms with Crippen LogP contribution in [0.25, 0.3) is 16.1 Å². The Hall–Kier alpha value is -2.15. The van der Waals surface area contributed by atoms with E-state index in [2.05, 4.69) is 39.6 Å². The summed E-state index contributed by atoms with van der Waals surface area (Å²) in [6, 6.07) is 10.8. The van der Waals surface area contributed by atoms with Gasteiger partial charge < -0.3 is 0 Å². The number of hydrogen-bond donors (Lipinski definition) is 0. The average molecular weight is 365 g/mol. The van der Waals surface area contributed by atoms with Crippen molar-refractivity contribution in [2.24, 2.45) is 10.3 Å². The molecule has 2 aromatic rings. The van der Waals surface area contributed by atoms with Crippen LogP contribution in [-0.2, 0) is 0 Å². The van der Waals surface area contributed by atoms with Gasteiger partial charge in [0, 0.05) is 23.2 Å². The van der Waals surface area contributed by atoms with E-state index in [-0.39, 0.29) is 11.4 Å². The van der Waals surface area contributed by atoms with Crippen molar-refractivity contribution in [1.82, 2.24) is 4.90 Å². The maximum absolute atomic E-state index is 13.1. The Labute approximate surface area is 155 Å². The maximum atomic E-state index is 13.1. The minimum atomic E-state index is -0.206. The molecule has 7 rings (SSSR count). The second-order valence-corrected chi connectivity index (χ2v) is 8.69. The zero-order valence-electron chi connectivity index (χ0n) is 14.2. The number of quaternary nitrogens is 1. The molecule has 0 N–H and O–H groups in total. The first-order valence-corrected chi connectivity index (χ1v) is 9.81. The molecule has 3 unspecified atom stereocenters. The molecule has 26 heavy (non-hydrogen) atoms. The van der Waals surface area contributed by atoms with Gasteiger partial charge in [0.1, 0.15) is 5.82 Å². The van der Waals surface area contributed by atoms with Crippen molar-refractivity contribution in [3.8, 4) is 10.4 Å². The highest BCUT2D eigenvalue weighted by molar-refractivity contribution is 7.16. The van der Waals surface area contributed by atoms with E-state index >= 15 is 0 Å². The van der Waals surface area contributed by atoms with Gasteiger partial charge in [0.2, 0.25) is 5.54 Å². The molecular weight excluding hydrogens is 347 g/mol. The molecule has 1 aromatic heterocycles. The molecule has 4 nitrogen and oxygen atoms in total. The summed E-state index contributed by atoms with van der Waals surface area (Å²) in [5.74, 6) is -0.206. The molecule has 5 aliphatic rings. The SMILES string of the molecule is Fc1ccc(-c2ccc(C3=C[N+]4(CC45CN4CC=C5CC4)N=N3)s2)cc1. The monoisotopic (exact) mass is 365 g/mol. The minimum absolute atomic E-state index is 0.152. The number of benzene rings is 1. The van der Waals surface area contributed by atoms with Crippen LogP contribution in [0.1, 0.15) is 11.3 Å². The molecule has 3 atom stereocenters. The lowest BCUT2D eigenvalue weighted by molar-refractivity contribution is -0.780. The molecule has 5 aliphatic heterocycles. The first-order chi connectivity index (χ1) is 12.7. The molecule has 2 saturated heterocycles. The van der Waals surface area contributed by atoms with Crippen molar-refractivity contribution in [2.45, 2.75) is 12.0 Å². The second-order valence-electron chi connectivity index (χ2n) is 7.61. The summed E-state index contributed by atoms with van der Waals surface area (Å²) in [4.78, 5) is 4.78. The van der Waals surface area contributed by atoms with Gasteiger partial charge >= 0.3 is 0 Å². The Morgan fingerprint density at radius 3 is 2.69 bits per heavy atom. The summed E-state index contributed by atoms with van der Waals surface area (Å²) < 4.78 is 13.8. The molecule has 1 aromatic carbocycles. The molecular formula is C20H18FN4S+. The lowest BCUT2D eigenvalue weighted by Crippen LogP contribution is -2.50. The van der Waals surface area contributed by atoms with Gasteiger partial charge in [0.05, 0.1) is 11.4 Å². The van der Waals surface area contributed by atoms with E-state index in [1.165, 1.54) is 25.1 Å². The van der Waals surface area contributed by atoms with Crippen molar-refractivity contribution in [3.63, 3.8) is 0 Å². The van der Waals surface area contributed by atoms with Gasteiger partial charge in [-0.3, -0.25) is 4.90 Å². The zero-order chi connectivity index (χ0) is 17.4. The lowest BCUT2D eigenvalue weighted by Gasteiger charge is -2.37. The van der Waals surface area contributed by atoms with E-state index in [0.29, 0.717) is 4.59 Å². The highest BCUT2D eigenvalue weighted by Gasteiger charge is 2.76. The number of fused-ring (bicyclic) bond motifs is 2. The molecule has 0 saturated carbocycles. The van der Waals surface area contributed by atoms with E-state index in [4.69, 9.17) is 0 Å². The third-order valence-electron chi connectivity index (χ3n) is 6.15. The van der Waals surface area contributed by atoms with E-state index in [9.17, 15) is 4.39 Å². The summed E-state index contributed by atoms with van der Waals surface area (Å²) in [6.07, 6.45) is 5.81. The number of hydrogen-bond acceptors (Lipinski definition) is 4. The predicted octanol–water partition coefficient (Wildman–Crippen LogP) is 4.45. The van der Waals surface area contributed by atoms with Crippen LogP contribution in [0.4, 0.5) is 4.39 Å². The van der Waals surface area contributed by atoms with Gasteiger partial charge in [0.15, 0.2) is 18.4 Å². The van der Waals surface area contributed by atoms with Gasteiger partial charge in [-0.2, -0.15) is 0 Å². The topological polar surface area (TPSA) is 28.0 Å². The third-order valence-corrected chi connectivity index (χ3v) is 7.31. The third kappa shape index (κ3) is 1.95. The van der Waals surface area contributed by atoms with Crippen molar-refractivity contribution >= 4 is 17.0 Å². The quantitative estimate of drug-likeness (QED) is 0.439. The molecule has 0 radical (unpaired) electrons. The zero-order valence-corrected chi connectivity index (χ0v) is 15.0. The summed E-state index contributed by atoms with van der Waals surface area (Å²) in [7, 11) is 0. The number of halogens is 1. The van der Waals surface area contributed by atoms with Crippen LogP contribution in [0.3, 0.4) is 0 Å². The molecule has 6 heterocycles. The van der Waals surface area contributed by atoms with E-state index in [1.807, 2.05) is 12.1 Å². The highest BCUT2D eigenvalue weighted by atomic mass is 32.1. The molecule has 2 bridgehead atoms. The number of rotatable bonds is 2. The molecule has 2 fully saturated rings. The van der Waals surface area contributed by atoms with Crippen LogP contribution in [0.2, 0.25) is 0 Å². The Kier molecular flexibility index (Phi) is 2.86. The summed E-state index contributed by atoms with van der Waals surface area (Å²) in [6.45, 7) is 4.43. The minimum Gasteiger partial charge on any atom is -0.293 e. The van der Waals surface area contributed by atoms with Crippen LogP contribution in [0.15, 0.2) is 64.6 Å². The van der Waals surface area contributed by atoms with Gasteiger partial charge in [-0.05, 0) is 41.8 Å². The number of thiophene rings is 1. The molecule has 130 valence electrons. The van der Waals surface area contributed by atoms with Crippen molar-refractivity contribution in [3.05, 3.63) is 64.9 Å². The molecule has 0 amide bonds. The van der Waals surface area contributed by atoms with Crippen LogP contribution in [0.5, 0.6) is 0 Å². The number of nitrogens with zero attached hydrogens (tertiary/aromatic N) is 4. The second kappa shape index (κ2) is 4.97. The Morgan fingerprint density at radius 1 is 1.12 bits per heavy atom. The Balaban J connectivity index is 1.31. The van der Waals surface area contributed by atoms with Crippen molar-refractivity contribution < 1.29 is 8.98 Å². The first kappa shape index (κ1) is 15.0. The van der Waals surface area contributed by atoms with Gasteiger partial charge in [-0.25, -0.2) is 4.39 Å². The highest BCUT2D eigenvalue weighted by Crippen LogP contribution is 2.57. The Bertz CT molecular complexity index is 1010. The first-order valence-electron chi connectivity index (χ1n) is 9.00. The fourth-order valence-corrected chi connectivity index (χ4v) is 5.62. The fourth-order valence-electron chi connectivity index (χ4n) is 4.66. The lowest BCUT2D eigenvalue weighted by atomic mass is 9.87. The largest absolute Gasteiger partial charge is 0.293 e. The van der Waals surface area contributed by atoms with Gasteiger partial charge in [-0.15, -0.1) is 15.9 Å². The number of piperidine rings is 1. The van der Waals surface area contributed by atoms with Crippen LogP contribution >= 0.6 is 11.3 Å². The van der Waals surface area contributed by atoms with Crippen LogP contribution in [0, 0.1) is 5.82 Å². The smallest absolute Gasteiger partial charge is 0.215 e. The standard InChI is InChI=1S/C20H18FN4S/c21-16-3-1-14(2-4-16)18-5-6-19(26-18)17-11-25(23-22-17)13-20(25)12-24-9-7-15(20)8-10-24/h1-7,11H,8-10,12-13H2/q+1. The normalized spacial score (nSPS) is 33.8.